The van der Waals surface area contributed by atoms with Crippen molar-refractivity contribution < 1.29 is 18.8 Å². The summed E-state index contributed by atoms with van der Waals surface area (Å²) in [5.41, 5.74) is 0.706. The Labute approximate surface area is 194 Å². The first-order valence-electron chi connectivity index (χ1n) is 11.8. The molecule has 33 heavy (non-hydrogen) atoms. The predicted octanol–water partition coefficient (Wildman–Crippen LogP) is 2.26. The van der Waals surface area contributed by atoms with Crippen LogP contribution in [0.5, 0.6) is 0 Å². The van der Waals surface area contributed by atoms with Crippen molar-refractivity contribution in [1.82, 2.24) is 20.4 Å². The van der Waals surface area contributed by atoms with E-state index in [0.717, 1.165) is 49.6 Å². The number of urea groups is 1. The first-order chi connectivity index (χ1) is 15.7. The Bertz CT molecular complexity index is 923. The Morgan fingerprint density at radius 2 is 1.88 bits per heavy atom. The Balaban J connectivity index is 1.42. The zero-order chi connectivity index (χ0) is 23.8. The van der Waals surface area contributed by atoms with Crippen LogP contribution in [0.3, 0.4) is 0 Å². The molecule has 2 aliphatic heterocycles. The van der Waals surface area contributed by atoms with Crippen LogP contribution < -0.4 is 15.5 Å². The third kappa shape index (κ3) is 4.83. The molecular formula is C24H34FN5O3. The highest BCUT2D eigenvalue weighted by molar-refractivity contribution is 6.09. The molecule has 2 heterocycles. The normalized spacial score (nSPS) is 27.1. The number of nitrogens with zero attached hydrogens (tertiary/aromatic N) is 3. The Kier molecular flexibility index (Phi) is 6.61. The second-order valence-electron chi connectivity index (χ2n) is 9.87. The fourth-order valence-electron chi connectivity index (χ4n) is 5.13. The fourth-order valence-corrected chi connectivity index (χ4v) is 5.13. The number of rotatable bonds is 5. The molecule has 2 saturated heterocycles. The van der Waals surface area contributed by atoms with Crippen LogP contribution in [0.1, 0.15) is 51.1 Å². The lowest BCUT2D eigenvalue weighted by atomic mass is 9.77. The van der Waals surface area contributed by atoms with Crippen molar-refractivity contribution in [2.45, 2.75) is 51.1 Å². The Hall–Kier alpha value is -2.68. The lowest BCUT2D eigenvalue weighted by molar-refractivity contribution is -0.136. The number of halogens is 1. The van der Waals surface area contributed by atoms with Crippen LogP contribution in [0.15, 0.2) is 18.2 Å². The smallest absolute Gasteiger partial charge is 0.325 e. The van der Waals surface area contributed by atoms with Crippen LogP contribution in [0.25, 0.3) is 0 Å². The van der Waals surface area contributed by atoms with Crippen molar-refractivity contribution in [3.63, 3.8) is 0 Å². The summed E-state index contributed by atoms with van der Waals surface area (Å²) in [6, 6.07) is 3.65. The number of piperazine rings is 1. The highest BCUT2D eigenvalue weighted by Crippen LogP contribution is 2.36. The topological polar surface area (TPSA) is 85.0 Å². The van der Waals surface area contributed by atoms with E-state index in [2.05, 4.69) is 34.4 Å². The van der Waals surface area contributed by atoms with Crippen molar-refractivity contribution in [3.05, 3.63) is 29.6 Å². The highest BCUT2D eigenvalue weighted by Gasteiger charge is 2.52. The molecule has 3 fully saturated rings. The van der Waals surface area contributed by atoms with Crippen LogP contribution in [-0.4, -0.2) is 73.0 Å². The number of carbonyl (C=O) groups is 3. The Morgan fingerprint density at radius 3 is 2.55 bits per heavy atom. The van der Waals surface area contributed by atoms with Gasteiger partial charge >= 0.3 is 6.03 Å². The zero-order valence-corrected chi connectivity index (χ0v) is 19.7. The number of benzene rings is 1. The van der Waals surface area contributed by atoms with Gasteiger partial charge in [0.25, 0.3) is 5.91 Å². The van der Waals surface area contributed by atoms with E-state index in [-0.39, 0.29) is 18.3 Å². The van der Waals surface area contributed by atoms with Crippen molar-refractivity contribution in [2.75, 3.05) is 44.7 Å². The minimum Gasteiger partial charge on any atom is -0.369 e. The summed E-state index contributed by atoms with van der Waals surface area (Å²) < 4.78 is 14.1. The van der Waals surface area contributed by atoms with Crippen LogP contribution in [-0.2, 0) is 9.59 Å². The summed E-state index contributed by atoms with van der Waals surface area (Å²) in [5, 5.41) is 5.70. The van der Waals surface area contributed by atoms with Gasteiger partial charge in [0, 0.05) is 37.4 Å². The maximum Gasteiger partial charge on any atom is 0.325 e. The molecule has 0 bridgehead atoms. The standard InChI is InChI=1S/C24H34FN5O3/c1-16-6-8-24(9-7-16)22(32)30(23(33)27-24)15-21(31)26-17(2)19-14-18(25)4-5-20(19)29-12-10-28(3)11-13-29/h4-5,14,16-17H,6-13,15H2,1-3H3,(H,26,31)(H,27,33). The summed E-state index contributed by atoms with van der Waals surface area (Å²) in [5.74, 6) is -0.599. The highest BCUT2D eigenvalue weighted by atomic mass is 19.1. The average molecular weight is 460 g/mol. The molecule has 1 aliphatic carbocycles. The van der Waals surface area contributed by atoms with Crippen LogP contribution in [0.4, 0.5) is 14.9 Å². The van der Waals surface area contributed by atoms with Gasteiger partial charge in [-0.1, -0.05) is 6.92 Å². The number of amides is 4. The zero-order valence-electron chi connectivity index (χ0n) is 19.7. The van der Waals surface area contributed by atoms with Crippen LogP contribution in [0, 0.1) is 11.7 Å². The van der Waals surface area contributed by atoms with Gasteiger partial charge in [-0.15, -0.1) is 0 Å². The number of hydrogen-bond acceptors (Lipinski definition) is 5. The van der Waals surface area contributed by atoms with E-state index in [9.17, 15) is 18.8 Å². The second kappa shape index (κ2) is 9.29. The van der Waals surface area contributed by atoms with E-state index in [1.807, 2.05) is 0 Å². The van der Waals surface area contributed by atoms with Crippen LogP contribution >= 0.6 is 0 Å². The second-order valence-corrected chi connectivity index (χ2v) is 9.87. The lowest BCUT2D eigenvalue weighted by Gasteiger charge is -2.36. The first-order valence-corrected chi connectivity index (χ1v) is 11.8. The van der Waals surface area contributed by atoms with Gasteiger partial charge in [-0.3, -0.25) is 14.5 Å². The maximum absolute atomic E-state index is 14.1. The van der Waals surface area contributed by atoms with Crippen molar-refractivity contribution in [2.24, 2.45) is 5.92 Å². The average Bonchev–Trinajstić information content (AvgIpc) is 3.00. The molecule has 1 saturated carbocycles. The van der Waals surface area contributed by atoms with Crippen molar-refractivity contribution in [1.29, 1.82) is 0 Å². The van der Waals surface area contributed by atoms with E-state index in [1.165, 1.54) is 12.1 Å². The molecule has 9 heteroatoms. The molecule has 2 N–H and O–H groups in total. The minimum atomic E-state index is -0.868. The number of anilines is 1. The van der Waals surface area contributed by atoms with E-state index in [4.69, 9.17) is 0 Å². The summed E-state index contributed by atoms with van der Waals surface area (Å²) in [6.45, 7) is 7.05. The van der Waals surface area contributed by atoms with E-state index >= 15 is 0 Å². The third-order valence-corrected chi connectivity index (χ3v) is 7.35. The third-order valence-electron chi connectivity index (χ3n) is 7.35. The molecule has 8 nitrogen and oxygen atoms in total. The number of imide groups is 1. The predicted molar refractivity (Wildman–Crippen MR) is 123 cm³/mol. The van der Waals surface area contributed by atoms with Crippen molar-refractivity contribution in [3.8, 4) is 0 Å². The number of likely N-dealkylation sites (N-methyl/N-ethyl adjacent to an activating group) is 1. The maximum atomic E-state index is 14.1. The van der Waals surface area contributed by atoms with Crippen LogP contribution in [0.2, 0.25) is 0 Å². The van der Waals surface area contributed by atoms with Gasteiger partial charge in [0.05, 0.1) is 6.04 Å². The molecule has 1 atom stereocenters. The molecule has 1 unspecified atom stereocenters. The van der Waals surface area contributed by atoms with E-state index in [1.54, 1.807) is 13.0 Å². The van der Waals surface area contributed by atoms with Gasteiger partial charge in [-0.05, 0) is 63.8 Å². The lowest BCUT2D eigenvalue weighted by Crippen LogP contribution is -2.50. The van der Waals surface area contributed by atoms with Crippen molar-refractivity contribution >= 4 is 23.5 Å². The van der Waals surface area contributed by atoms with Gasteiger partial charge in [0.15, 0.2) is 0 Å². The molecule has 1 spiro atoms. The molecule has 1 aromatic rings. The number of carbonyl (C=O) groups excluding carboxylic acids is 3. The van der Waals surface area contributed by atoms with Gasteiger partial charge in [0.2, 0.25) is 5.91 Å². The molecule has 0 aromatic heterocycles. The molecular weight excluding hydrogens is 425 g/mol. The fraction of sp³-hybridized carbons (Fsp3) is 0.625. The monoisotopic (exact) mass is 459 g/mol. The molecule has 0 radical (unpaired) electrons. The number of hydrogen-bond donors (Lipinski definition) is 2. The molecule has 4 rings (SSSR count). The summed E-state index contributed by atoms with van der Waals surface area (Å²) in [4.78, 5) is 43.8. The SMILES string of the molecule is CC1CCC2(CC1)NC(=O)N(CC(=O)NC(C)c1cc(F)ccc1N1CCN(C)CC1)C2=O. The molecule has 4 amide bonds. The van der Waals surface area contributed by atoms with E-state index < -0.39 is 23.5 Å². The summed E-state index contributed by atoms with van der Waals surface area (Å²) >= 11 is 0. The van der Waals surface area contributed by atoms with Gasteiger partial charge < -0.3 is 20.4 Å². The largest absolute Gasteiger partial charge is 0.369 e. The Morgan fingerprint density at radius 1 is 1.21 bits per heavy atom. The van der Waals surface area contributed by atoms with Gasteiger partial charge in [0.1, 0.15) is 17.9 Å². The molecule has 1 aromatic carbocycles. The number of nitrogens with one attached hydrogen (secondary N) is 2. The van der Waals surface area contributed by atoms with Gasteiger partial charge in [-0.25, -0.2) is 9.18 Å². The van der Waals surface area contributed by atoms with E-state index in [0.29, 0.717) is 24.3 Å². The summed E-state index contributed by atoms with van der Waals surface area (Å²) in [7, 11) is 2.07. The summed E-state index contributed by atoms with van der Waals surface area (Å²) in [6.07, 6.45) is 2.95. The first kappa shape index (κ1) is 23.5. The molecule has 3 aliphatic rings. The van der Waals surface area contributed by atoms with Gasteiger partial charge in [-0.2, -0.15) is 0 Å². The molecule has 180 valence electrons. The minimum absolute atomic E-state index is 0.314. The quantitative estimate of drug-likeness (QED) is 0.660.